The van der Waals surface area contributed by atoms with Crippen LogP contribution in [0.3, 0.4) is 0 Å². The van der Waals surface area contributed by atoms with E-state index >= 15 is 55.9 Å². The molecule has 4 aliphatic carbocycles. The van der Waals surface area contributed by atoms with Crippen LogP contribution in [0, 0.1) is 41.4 Å². The molecule has 2 unspecified atom stereocenters. The molecule has 8 fully saturated rings. The average Bonchev–Trinajstić information content (AvgIpc) is 1.68. The van der Waals surface area contributed by atoms with Gasteiger partial charge in [0, 0.05) is 68.3 Å². The van der Waals surface area contributed by atoms with Crippen molar-refractivity contribution in [2.24, 2.45) is 41.4 Å². The number of carbonyl (C=O) groups is 12. The van der Waals surface area contributed by atoms with Crippen molar-refractivity contribution in [3.8, 4) is 0 Å². The predicted octanol–water partition coefficient (Wildman–Crippen LogP) is 6.97. The molecule has 25 nitrogen and oxygen atoms in total. The molecule has 4 saturated carbocycles. The SMILES string of the molecule is CC[C@H](C)[C@@H]1NC(=O)[C@H](CC(C)C)N(C)C(=O)C[C@@H](C(=O)N2CCOCC2)N(C)C(=O)[C@H](C2CCCC2)N(C)C(=O)C2(CCCC2)NC(=O)[C@@H]2CC(F)(F)CN2C(=O)[C@H](CCC2CC(F)C(C(F)(F)F)C(F)C2)NC(=O)CN(C)C(=O)[C@H](CC2CCC(C(F)(F)F)CC2)N2CCCCC[C@@H](C2=O)N(C)C(=O)CN(C)C1=O. The molecule has 111 heavy (non-hydrogen) atoms. The van der Waals surface area contributed by atoms with Crippen LogP contribution in [-0.2, 0) is 62.3 Å². The molecular weight excluding hydrogens is 1480 g/mol. The van der Waals surface area contributed by atoms with E-state index in [-0.39, 0.29) is 116 Å². The molecule has 0 aromatic rings. The van der Waals surface area contributed by atoms with Crippen LogP contribution in [-0.4, -0.2) is 294 Å². The summed E-state index contributed by atoms with van der Waals surface area (Å²) in [7, 11) is 7.78. The van der Waals surface area contributed by atoms with Crippen LogP contribution in [0.1, 0.15) is 188 Å². The average molecular weight is 1600 g/mol. The molecule has 12 amide bonds. The first-order valence-electron chi connectivity index (χ1n) is 39.7. The Kier molecular flexibility index (Phi) is 30.5. The highest BCUT2D eigenvalue weighted by Crippen LogP contribution is 2.46. The van der Waals surface area contributed by atoms with Crippen molar-refractivity contribution >= 4 is 70.9 Å². The van der Waals surface area contributed by atoms with Gasteiger partial charge in [-0.3, -0.25) is 57.5 Å². The van der Waals surface area contributed by atoms with E-state index in [9.17, 15) is 45.5 Å². The lowest BCUT2D eigenvalue weighted by Crippen LogP contribution is -2.65. The smallest absolute Gasteiger partial charge is 0.378 e. The second-order valence-corrected chi connectivity index (χ2v) is 33.3. The van der Waals surface area contributed by atoms with Gasteiger partial charge < -0.3 is 64.8 Å². The first kappa shape index (κ1) is 89.5. The second-order valence-electron chi connectivity index (χ2n) is 33.3. The van der Waals surface area contributed by atoms with Crippen molar-refractivity contribution in [1.29, 1.82) is 0 Å². The van der Waals surface area contributed by atoms with E-state index in [2.05, 4.69) is 16.0 Å². The van der Waals surface area contributed by atoms with Crippen molar-refractivity contribution in [3.05, 3.63) is 0 Å². The quantitative estimate of drug-likeness (QED) is 0.177. The Hall–Kier alpha value is -7.10. The molecule has 0 aromatic carbocycles. The Morgan fingerprint density at radius 3 is 1.77 bits per heavy atom. The molecule has 8 rings (SSSR count). The summed E-state index contributed by atoms with van der Waals surface area (Å²) in [5, 5.41) is 7.99. The van der Waals surface area contributed by atoms with E-state index in [4.69, 9.17) is 4.74 Å². The predicted molar refractivity (Wildman–Crippen MR) is 384 cm³/mol. The lowest BCUT2D eigenvalue weighted by atomic mass is 9.76. The van der Waals surface area contributed by atoms with Crippen LogP contribution in [0.5, 0.6) is 0 Å². The zero-order valence-corrected chi connectivity index (χ0v) is 65.8. The minimum Gasteiger partial charge on any atom is -0.378 e. The number of likely N-dealkylation sites (N-methyl/N-ethyl adjacent to an activating group) is 6. The number of hydrogen-bond donors (Lipinski definition) is 3. The maximum atomic E-state index is 16.3. The zero-order valence-electron chi connectivity index (χ0n) is 65.8. The van der Waals surface area contributed by atoms with Gasteiger partial charge in [0.25, 0.3) is 5.92 Å². The third-order valence-electron chi connectivity index (χ3n) is 25.0. The summed E-state index contributed by atoms with van der Waals surface area (Å²) < 4.78 is 153. The molecule has 628 valence electrons. The number of ether oxygens (including phenoxy) is 1. The molecule has 4 saturated heterocycles. The molecule has 11 atom stereocenters. The van der Waals surface area contributed by atoms with Crippen LogP contribution in [0.2, 0.25) is 0 Å². The van der Waals surface area contributed by atoms with Crippen LogP contribution in [0.4, 0.5) is 43.9 Å². The monoisotopic (exact) mass is 1590 g/mol. The number of morpholine rings is 1. The van der Waals surface area contributed by atoms with E-state index in [1.807, 2.05) is 0 Å². The summed E-state index contributed by atoms with van der Waals surface area (Å²) >= 11 is 0. The molecule has 35 heteroatoms. The molecule has 4 heterocycles. The molecule has 3 N–H and O–H groups in total. The number of halogens is 10. The van der Waals surface area contributed by atoms with Crippen molar-refractivity contribution in [3.63, 3.8) is 0 Å². The normalized spacial score (nSPS) is 32.1. The number of amides is 12. The van der Waals surface area contributed by atoms with E-state index < -0.39 is 249 Å². The standard InChI is InChI=1S/C76H116F10N12O13/c1-11-45(4)62-70(108)91(6)42-60(101)92(7)53-21-13-12-18-30-97(69(53)107)56(38-46-22-25-49(26-23-46)75(81,82)83)67(105)90(5)41-58(99)87-52(27-24-47-36-50(77)61(51(78)37-47)76(84,85)86)66(104)98-43-74(79,80)40-57(98)65(103)89-73(28-16-17-29-73)72(110)95(10)63(48-19-14-15-20-48)71(109)94(9)55(68(106)96-31-33-111-34-32-96)39-59(100)93(8)54(35-44(2)3)64(102)88-62/h44-57,61-63H,11-43H2,1-10H3,(H,87,99)(H,88,102)(H,89,103)/t45-,46?,47?,49?,50?,51?,52-,53-,54-,55-,56-,57-,61?,62-,63-/m0/s1. The van der Waals surface area contributed by atoms with Crippen LogP contribution >= 0.6 is 0 Å². The maximum absolute atomic E-state index is 16.3. The highest BCUT2D eigenvalue weighted by molar-refractivity contribution is 6.01. The fourth-order valence-electron chi connectivity index (χ4n) is 18.1. The van der Waals surface area contributed by atoms with E-state index in [1.54, 1.807) is 27.7 Å². The summed E-state index contributed by atoms with van der Waals surface area (Å²) in [5.41, 5.74) is -1.94. The van der Waals surface area contributed by atoms with Crippen LogP contribution in [0.25, 0.3) is 0 Å². The van der Waals surface area contributed by atoms with Crippen molar-refractivity contribution < 1.29 is 106 Å². The second kappa shape index (κ2) is 37.9. The molecule has 0 aromatic heterocycles. The lowest BCUT2D eigenvalue weighted by Gasteiger charge is -2.42. The van der Waals surface area contributed by atoms with Gasteiger partial charge in [-0.15, -0.1) is 0 Å². The molecule has 8 aliphatic rings. The van der Waals surface area contributed by atoms with Gasteiger partial charge in [-0.05, 0) is 132 Å². The summed E-state index contributed by atoms with van der Waals surface area (Å²) in [6.07, 6.45) is -17.4. The fourth-order valence-corrected chi connectivity index (χ4v) is 18.1. The van der Waals surface area contributed by atoms with Crippen molar-refractivity contribution in [2.45, 2.75) is 273 Å². The number of carbonyl (C=O) groups excluding carboxylic acids is 12. The number of nitrogens with one attached hydrogen (secondary N) is 3. The summed E-state index contributed by atoms with van der Waals surface area (Å²) in [4.78, 5) is 192. The summed E-state index contributed by atoms with van der Waals surface area (Å²) in [5.74, 6) is -22.7. The lowest BCUT2D eigenvalue weighted by molar-refractivity contribution is -0.219. The Labute approximate surface area is 643 Å². The van der Waals surface area contributed by atoms with Gasteiger partial charge in [-0.25, -0.2) is 17.6 Å². The number of rotatable bonds is 11. The van der Waals surface area contributed by atoms with Gasteiger partial charge in [0.2, 0.25) is 70.9 Å². The fraction of sp³-hybridized carbons (Fsp3) is 0.842. The van der Waals surface area contributed by atoms with Gasteiger partial charge in [0.15, 0.2) is 0 Å². The summed E-state index contributed by atoms with van der Waals surface area (Å²) in [6.45, 7) is 4.15. The van der Waals surface area contributed by atoms with Gasteiger partial charge in [-0.1, -0.05) is 72.6 Å². The molecular formula is C76H116F10N12O13. The van der Waals surface area contributed by atoms with Gasteiger partial charge in [-0.2, -0.15) is 26.3 Å². The van der Waals surface area contributed by atoms with E-state index in [1.165, 1.54) is 45.0 Å². The van der Waals surface area contributed by atoms with Gasteiger partial charge in [0.05, 0.1) is 45.2 Å². The summed E-state index contributed by atoms with van der Waals surface area (Å²) in [6, 6.07) is -12.6. The molecule has 0 radical (unpaired) electrons. The molecule has 4 aliphatic heterocycles. The van der Waals surface area contributed by atoms with Gasteiger partial charge in [0.1, 0.15) is 72.1 Å². The van der Waals surface area contributed by atoms with Gasteiger partial charge >= 0.3 is 12.4 Å². The third-order valence-corrected chi connectivity index (χ3v) is 25.0. The topological polar surface area (TPSA) is 279 Å². The molecule has 2 bridgehead atoms. The Balaban J connectivity index is 1.21. The van der Waals surface area contributed by atoms with E-state index in [0.29, 0.717) is 49.8 Å². The Morgan fingerprint density at radius 2 is 1.19 bits per heavy atom. The minimum absolute atomic E-state index is 0.0218. The first-order chi connectivity index (χ1) is 52.0. The molecule has 1 spiro atoms. The third kappa shape index (κ3) is 21.9. The zero-order chi connectivity index (χ0) is 82.1. The Bertz CT molecular complexity index is 3300. The van der Waals surface area contributed by atoms with Crippen LogP contribution in [0.15, 0.2) is 0 Å². The Morgan fingerprint density at radius 1 is 0.586 bits per heavy atom. The first-order valence-corrected chi connectivity index (χ1v) is 39.7. The van der Waals surface area contributed by atoms with E-state index in [0.717, 1.165) is 36.4 Å². The number of fused-ring (bicyclic) bond motifs is 3. The number of hydrogen-bond acceptors (Lipinski definition) is 13. The number of nitrogens with zero attached hydrogens (tertiary/aromatic N) is 9. The highest BCUT2D eigenvalue weighted by Gasteiger charge is 2.57. The highest BCUT2D eigenvalue weighted by atomic mass is 19.4. The minimum atomic E-state index is -5.28. The van der Waals surface area contributed by atoms with Crippen LogP contribution < -0.4 is 16.0 Å². The number of alkyl halides is 10. The van der Waals surface area contributed by atoms with Crippen molar-refractivity contribution in [2.75, 3.05) is 94.8 Å². The van der Waals surface area contributed by atoms with Crippen molar-refractivity contribution in [1.82, 2.24) is 60.0 Å². The maximum Gasteiger partial charge on any atom is 0.397 e. The largest absolute Gasteiger partial charge is 0.397 e.